The second kappa shape index (κ2) is 5.28. The molecule has 4 rings (SSSR count). The van der Waals surface area contributed by atoms with Crippen LogP contribution in [0.2, 0.25) is 0 Å². The predicted octanol–water partition coefficient (Wildman–Crippen LogP) is 3.44. The normalized spacial score (nSPS) is 21.5. The fourth-order valence-corrected chi connectivity index (χ4v) is 3.87. The number of nitrogens with zero attached hydrogens (tertiary/aromatic N) is 1. The van der Waals surface area contributed by atoms with E-state index in [1.165, 1.54) is 41.6 Å². The first-order chi connectivity index (χ1) is 10.3. The van der Waals surface area contributed by atoms with Gasteiger partial charge in [0.1, 0.15) is 0 Å². The van der Waals surface area contributed by atoms with Crippen LogP contribution in [0.3, 0.4) is 0 Å². The van der Waals surface area contributed by atoms with Gasteiger partial charge < -0.3 is 10.2 Å². The molecule has 0 aromatic heterocycles. The van der Waals surface area contributed by atoms with Crippen LogP contribution in [-0.4, -0.2) is 31.1 Å². The van der Waals surface area contributed by atoms with Gasteiger partial charge in [-0.25, -0.2) is 0 Å². The summed E-state index contributed by atoms with van der Waals surface area (Å²) in [5, 5.41) is 3.82. The Balaban J connectivity index is 1.62. The molecule has 2 nitrogen and oxygen atoms in total. The van der Waals surface area contributed by atoms with E-state index >= 15 is 0 Å². The lowest BCUT2D eigenvalue weighted by molar-refractivity contribution is 0.296. The van der Waals surface area contributed by atoms with Crippen LogP contribution in [0.5, 0.6) is 0 Å². The Bertz CT molecular complexity index is 604. The molecule has 1 atom stereocenters. The van der Waals surface area contributed by atoms with Crippen LogP contribution in [0.4, 0.5) is 0 Å². The smallest absolute Gasteiger partial charge is 0.0589 e. The molecule has 108 valence electrons. The lowest BCUT2D eigenvalue weighted by Crippen LogP contribution is -2.37. The van der Waals surface area contributed by atoms with Crippen molar-refractivity contribution in [1.82, 2.24) is 10.2 Å². The molecule has 1 heterocycles. The van der Waals surface area contributed by atoms with Gasteiger partial charge in [0.2, 0.25) is 0 Å². The summed E-state index contributed by atoms with van der Waals surface area (Å²) < 4.78 is 0. The van der Waals surface area contributed by atoms with Gasteiger partial charge in [0, 0.05) is 12.6 Å². The van der Waals surface area contributed by atoms with Gasteiger partial charge in [-0.15, -0.1) is 0 Å². The first-order valence-corrected chi connectivity index (χ1v) is 7.96. The Morgan fingerprint density at radius 2 is 1.62 bits per heavy atom. The first-order valence-electron chi connectivity index (χ1n) is 7.96. The monoisotopic (exact) mass is 278 g/mol. The molecule has 2 aromatic rings. The highest BCUT2D eigenvalue weighted by Crippen LogP contribution is 2.43. The lowest BCUT2D eigenvalue weighted by Gasteiger charge is -2.23. The molecular formula is C19H22N2. The summed E-state index contributed by atoms with van der Waals surface area (Å²) in [5.74, 6) is 0. The van der Waals surface area contributed by atoms with Crippen molar-refractivity contribution in [2.24, 2.45) is 0 Å². The van der Waals surface area contributed by atoms with E-state index < -0.39 is 0 Å². The van der Waals surface area contributed by atoms with Crippen LogP contribution in [0.1, 0.15) is 30.0 Å². The molecule has 2 aliphatic rings. The van der Waals surface area contributed by atoms with Crippen molar-refractivity contribution in [2.75, 3.05) is 20.1 Å². The number of nitrogens with one attached hydrogen (secondary N) is 1. The van der Waals surface area contributed by atoms with E-state index in [-0.39, 0.29) is 0 Å². The highest BCUT2D eigenvalue weighted by atomic mass is 15.2. The van der Waals surface area contributed by atoms with E-state index in [2.05, 4.69) is 65.8 Å². The van der Waals surface area contributed by atoms with Crippen molar-refractivity contribution < 1.29 is 0 Å². The lowest BCUT2D eigenvalue weighted by atomic mass is 10.0. The van der Waals surface area contributed by atoms with Crippen LogP contribution >= 0.6 is 0 Å². The third-order valence-electron chi connectivity index (χ3n) is 5.06. The minimum absolute atomic E-state index is 0.353. The molecule has 0 bridgehead atoms. The number of hydrogen-bond donors (Lipinski definition) is 1. The van der Waals surface area contributed by atoms with Crippen LogP contribution in [0.25, 0.3) is 11.1 Å². The minimum Gasteiger partial charge on any atom is -0.305 e. The Hall–Kier alpha value is -1.64. The molecule has 0 saturated carbocycles. The number of likely N-dealkylation sites (N-methyl/N-ethyl adjacent to an activating group) is 1. The molecule has 1 aliphatic heterocycles. The van der Waals surface area contributed by atoms with Crippen LogP contribution in [-0.2, 0) is 0 Å². The maximum atomic E-state index is 3.82. The molecule has 1 unspecified atom stereocenters. The third-order valence-corrected chi connectivity index (χ3v) is 5.06. The fraction of sp³-hybridized carbons (Fsp3) is 0.368. The number of rotatable bonds is 3. The molecule has 1 N–H and O–H groups in total. The largest absolute Gasteiger partial charge is 0.305 e. The summed E-state index contributed by atoms with van der Waals surface area (Å²) in [5.41, 5.74) is 5.65. The summed E-state index contributed by atoms with van der Waals surface area (Å²) in [7, 11) is 2.25. The SMILES string of the molecule is CN1CCCC1CNC1c2ccccc2-c2ccccc21. The maximum Gasteiger partial charge on any atom is 0.0589 e. The second-order valence-electron chi connectivity index (χ2n) is 6.29. The molecule has 1 fully saturated rings. The zero-order chi connectivity index (χ0) is 14.2. The second-order valence-corrected chi connectivity index (χ2v) is 6.29. The topological polar surface area (TPSA) is 15.3 Å². The van der Waals surface area contributed by atoms with Gasteiger partial charge in [-0.05, 0) is 48.7 Å². The van der Waals surface area contributed by atoms with Gasteiger partial charge >= 0.3 is 0 Å². The number of benzene rings is 2. The summed E-state index contributed by atoms with van der Waals surface area (Å²) in [6.45, 7) is 2.31. The Morgan fingerprint density at radius 1 is 1.00 bits per heavy atom. The van der Waals surface area contributed by atoms with E-state index in [0.717, 1.165) is 6.54 Å². The average Bonchev–Trinajstić information content (AvgIpc) is 3.07. The van der Waals surface area contributed by atoms with Gasteiger partial charge in [0.05, 0.1) is 6.04 Å². The molecular weight excluding hydrogens is 256 g/mol. The zero-order valence-corrected chi connectivity index (χ0v) is 12.5. The standard InChI is InChI=1S/C19H22N2/c1-21-12-6-7-14(21)13-20-19-17-10-4-2-8-15(17)16-9-3-5-11-18(16)19/h2-5,8-11,14,19-20H,6-7,12-13H2,1H3. The summed E-state index contributed by atoms with van der Waals surface area (Å²) in [4.78, 5) is 2.49. The molecule has 21 heavy (non-hydrogen) atoms. The van der Waals surface area contributed by atoms with Crippen molar-refractivity contribution in [3.05, 3.63) is 59.7 Å². The van der Waals surface area contributed by atoms with Crippen molar-refractivity contribution >= 4 is 0 Å². The number of likely N-dealkylation sites (tertiary alicyclic amines) is 1. The van der Waals surface area contributed by atoms with E-state index in [1.807, 2.05) is 0 Å². The van der Waals surface area contributed by atoms with Gasteiger partial charge in [-0.2, -0.15) is 0 Å². The molecule has 1 saturated heterocycles. The highest BCUT2D eigenvalue weighted by molar-refractivity contribution is 5.78. The quantitative estimate of drug-likeness (QED) is 0.925. The summed E-state index contributed by atoms with van der Waals surface area (Å²) in [6, 6.07) is 18.7. The molecule has 0 amide bonds. The Kier molecular flexibility index (Phi) is 3.28. The maximum absolute atomic E-state index is 3.82. The Labute approximate surface area is 126 Å². The van der Waals surface area contributed by atoms with Gasteiger partial charge in [-0.1, -0.05) is 48.5 Å². The van der Waals surface area contributed by atoms with Crippen LogP contribution in [0, 0.1) is 0 Å². The first kappa shape index (κ1) is 13.1. The van der Waals surface area contributed by atoms with Crippen molar-refractivity contribution in [2.45, 2.75) is 24.9 Å². The van der Waals surface area contributed by atoms with Crippen LogP contribution in [0.15, 0.2) is 48.5 Å². The number of fused-ring (bicyclic) bond motifs is 3. The predicted molar refractivity (Wildman–Crippen MR) is 87.4 cm³/mol. The summed E-state index contributed by atoms with van der Waals surface area (Å²) >= 11 is 0. The molecule has 2 heteroatoms. The molecule has 1 aliphatic carbocycles. The van der Waals surface area contributed by atoms with Crippen LogP contribution < -0.4 is 5.32 Å². The third kappa shape index (κ3) is 2.19. The average molecular weight is 278 g/mol. The van der Waals surface area contributed by atoms with Crippen molar-refractivity contribution in [1.29, 1.82) is 0 Å². The molecule has 2 aromatic carbocycles. The van der Waals surface area contributed by atoms with Gasteiger partial charge in [0.25, 0.3) is 0 Å². The number of hydrogen-bond acceptors (Lipinski definition) is 2. The fourth-order valence-electron chi connectivity index (χ4n) is 3.87. The zero-order valence-electron chi connectivity index (χ0n) is 12.5. The molecule has 0 radical (unpaired) electrons. The van der Waals surface area contributed by atoms with Crippen molar-refractivity contribution in [3.8, 4) is 11.1 Å². The van der Waals surface area contributed by atoms with Crippen molar-refractivity contribution in [3.63, 3.8) is 0 Å². The van der Waals surface area contributed by atoms with E-state index in [4.69, 9.17) is 0 Å². The van der Waals surface area contributed by atoms with E-state index in [9.17, 15) is 0 Å². The molecule has 0 spiro atoms. The Morgan fingerprint density at radius 3 is 2.19 bits per heavy atom. The van der Waals surface area contributed by atoms with E-state index in [1.54, 1.807) is 0 Å². The van der Waals surface area contributed by atoms with E-state index in [0.29, 0.717) is 12.1 Å². The summed E-state index contributed by atoms with van der Waals surface area (Å²) in [6.07, 6.45) is 2.65. The van der Waals surface area contributed by atoms with Gasteiger partial charge in [0.15, 0.2) is 0 Å². The van der Waals surface area contributed by atoms with Gasteiger partial charge in [-0.3, -0.25) is 0 Å². The minimum atomic E-state index is 0.353. The highest BCUT2D eigenvalue weighted by Gasteiger charge is 2.29.